The van der Waals surface area contributed by atoms with Crippen molar-refractivity contribution >= 4 is 33.2 Å². The molecule has 2 fully saturated rings. The van der Waals surface area contributed by atoms with Gasteiger partial charge >= 0.3 is 7.12 Å². The first-order valence-electron chi connectivity index (χ1n) is 8.53. The van der Waals surface area contributed by atoms with Crippen molar-refractivity contribution < 1.29 is 26.8 Å². The summed E-state index contributed by atoms with van der Waals surface area (Å²) in [5.74, 6) is 0.305. The maximum atomic E-state index is 12.5. The Morgan fingerprint density at radius 3 is 2.12 bits per heavy atom. The van der Waals surface area contributed by atoms with E-state index in [4.69, 9.17) is 9.31 Å². The van der Waals surface area contributed by atoms with Gasteiger partial charge in [0.1, 0.15) is 0 Å². The molecule has 0 amide bonds. The molecular formula is C16H26BNO6S2. The standard InChI is InChI=1S/C16H26BNO6S2/c1-15(2)16(3,4)24-17(23-15)12-5-7-14(8-6-12)26(21,22)18-13-9-10-25(19,20)11-13/h5-8,13,18-20H,9-11H2,1-4H3/t13-/m1/s1. The van der Waals surface area contributed by atoms with Crippen molar-refractivity contribution in [3.63, 3.8) is 0 Å². The van der Waals surface area contributed by atoms with E-state index in [2.05, 4.69) is 4.72 Å². The van der Waals surface area contributed by atoms with E-state index in [9.17, 15) is 17.5 Å². The lowest BCUT2D eigenvalue weighted by atomic mass is 9.79. The van der Waals surface area contributed by atoms with Gasteiger partial charge in [0.2, 0.25) is 10.0 Å². The second kappa shape index (κ2) is 6.47. The van der Waals surface area contributed by atoms with Gasteiger partial charge < -0.3 is 9.31 Å². The summed E-state index contributed by atoms with van der Waals surface area (Å²) in [6.45, 7) is 7.84. The zero-order chi connectivity index (χ0) is 19.4. The first-order valence-corrected chi connectivity index (χ1v) is 11.9. The van der Waals surface area contributed by atoms with Gasteiger partial charge in [-0.3, -0.25) is 9.11 Å². The number of hydrogen-bond acceptors (Lipinski definition) is 6. The fraction of sp³-hybridized carbons (Fsp3) is 0.625. The molecule has 10 heteroatoms. The molecule has 2 heterocycles. The summed E-state index contributed by atoms with van der Waals surface area (Å²) in [5, 5.41) is 0. The molecule has 0 aromatic heterocycles. The summed E-state index contributed by atoms with van der Waals surface area (Å²) in [4.78, 5) is 0.126. The molecule has 0 spiro atoms. The predicted molar refractivity (Wildman–Crippen MR) is 103 cm³/mol. The first kappa shape index (κ1) is 20.1. The third-order valence-electron chi connectivity index (χ3n) is 5.30. The normalized spacial score (nSPS) is 28.2. The third kappa shape index (κ3) is 3.96. The van der Waals surface area contributed by atoms with E-state index in [0.717, 1.165) is 5.46 Å². The van der Waals surface area contributed by atoms with Crippen LogP contribution in [0.15, 0.2) is 29.2 Å². The van der Waals surface area contributed by atoms with Crippen LogP contribution in [0.2, 0.25) is 0 Å². The van der Waals surface area contributed by atoms with Crippen molar-refractivity contribution in [3.05, 3.63) is 24.3 Å². The molecule has 0 aliphatic carbocycles. The predicted octanol–water partition coefficient (Wildman–Crippen LogP) is 1.79. The molecule has 0 bridgehead atoms. The Kier molecular flexibility index (Phi) is 5.01. The van der Waals surface area contributed by atoms with E-state index in [1.165, 1.54) is 12.1 Å². The van der Waals surface area contributed by atoms with Gasteiger partial charge in [0.05, 0.1) is 21.9 Å². The zero-order valence-corrected chi connectivity index (χ0v) is 17.1. The summed E-state index contributed by atoms with van der Waals surface area (Å²) in [7, 11) is -6.92. The SMILES string of the molecule is CC1(C)OB(c2ccc(S(=O)(=O)N[C@@H]3CCS(O)(O)C3)cc2)OC1(C)C. The van der Waals surface area contributed by atoms with E-state index in [0.29, 0.717) is 6.42 Å². The Morgan fingerprint density at radius 2 is 1.65 bits per heavy atom. The van der Waals surface area contributed by atoms with Crippen molar-refractivity contribution in [2.75, 3.05) is 11.5 Å². The van der Waals surface area contributed by atoms with Crippen molar-refractivity contribution in [2.24, 2.45) is 0 Å². The van der Waals surface area contributed by atoms with E-state index >= 15 is 0 Å². The molecule has 2 saturated heterocycles. The molecule has 2 aliphatic rings. The van der Waals surface area contributed by atoms with Crippen molar-refractivity contribution in [1.82, 2.24) is 4.72 Å². The summed E-state index contributed by atoms with van der Waals surface area (Å²) >= 11 is 0. The van der Waals surface area contributed by atoms with Crippen LogP contribution in [0.25, 0.3) is 0 Å². The Labute approximate surface area is 157 Å². The van der Waals surface area contributed by atoms with Gasteiger partial charge in [-0.15, -0.1) is 0 Å². The van der Waals surface area contributed by atoms with Crippen molar-refractivity contribution in [1.29, 1.82) is 0 Å². The van der Waals surface area contributed by atoms with Crippen LogP contribution >= 0.6 is 10.6 Å². The van der Waals surface area contributed by atoms with Gasteiger partial charge in [0.25, 0.3) is 0 Å². The fourth-order valence-electron chi connectivity index (χ4n) is 2.98. The fourth-order valence-corrected chi connectivity index (χ4v) is 6.08. The molecular weight excluding hydrogens is 377 g/mol. The lowest BCUT2D eigenvalue weighted by Crippen LogP contribution is -2.41. The van der Waals surface area contributed by atoms with Gasteiger partial charge in [0, 0.05) is 11.8 Å². The van der Waals surface area contributed by atoms with Crippen LogP contribution in [-0.2, 0) is 19.3 Å². The molecule has 1 atom stereocenters. The largest absolute Gasteiger partial charge is 0.494 e. The molecule has 0 unspecified atom stereocenters. The second-order valence-electron chi connectivity index (χ2n) is 7.94. The average Bonchev–Trinajstić information content (AvgIpc) is 2.94. The maximum Gasteiger partial charge on any atom is 0.494 e. The number of sulfonamides is 1. The van der Waals surface area contributed by atoms with Gasteiger partial charge in [-0.05, 0) is 51.7 Å². The van der Waals surface area contributed by atoms with Crippen molar-refractivity contribution in [3.8, 4) is 0 Å². The van der Waals surface area contributed by atoms with Crippen LogP contribution in [0.3, 0.4) is 0 Å². The number of hydrogen-bond donors (Lipinski definition) is 3. The van der Waals surface area contributed by atoms with E-state index < -0.39 is 45.0 Å². The highest BCUT2D eigenvalue weighted by molar-refractivity contribution is 8.24. The molecule has 0 radical (unpaired) electrons. The van der Waals surface area contributed by atoms with Crippen LogP contribution in [0.5, 0.6) is 0 Å². The van der Waals surface area contributed by atoms with E-state index in [-0.39, 0.29) is 16.4 Å². The van der Waals surface area contributed by atoms with Crippen LogP contribution < -0.4 is 10.2 Å². The molecule has 1 aromatic carbocycles. The monoisotopic (exact) mass is 403 g/mol. The summed E-state index contributed by atoms with van der Waals surface area (Å²) in [6.07, 6.45) is 0.424. The highest BCUT2D eigenvalue weighted by Gasteiger charge is 2.51. The average molecular weight is 403 g/mol. The smallest absolute Gasteiger partial charge is 0.399 e. The molecule has 26 heavy (non-hydrogen) atoms. The minimum atomic E-state index is -3.72. The van der Waals surface area contributed by atoms with Crippen LogP contribution in [0.4, 0.5) is 0 Å². The second-order valence-corrected chi connectivity index (χ2v) is 12.0. The first-order chi connectivity index (χ1) is 11.8. The minimum absolute atomic E-state index is 0.0677. The Bertz CT molecular complexity index is 762. The lowest BCUT2D eigenvalue weighted by molar-refractivity contribution is 0.00578. The van der Waals surface area contributed by atoms with Gasteiger partial charge in [-0.25, -0.2) is 13.1 Å². The topological polar surface area (TPSA) is 105 Å². The Hall–Kier alpha value is -0.615. The molecule has 3 N–H and O–H groups in total. The van der Waals surface area contributed by atoms with Crippen LogP contribution in [0.1, 0.15) is 34.1 Å². The Balaban J connectivity index is 1.72. The van der Waals surface area contributed by atoms with Gasteiger partial charge in [-0.2, -0.15) is 10.6 Å². The number of rotatable bonds is 4. The van der Waals surface area contributed by atoms with Crippen molar-refractivity contribution in [2.45, 2.75) is 56.3 Å². The van der Waals surface area contributed by atoms with Gasteiger partial charge in [0.15, 0.2) is 0 Å². The molecule has 2 aliphatic heterocycles. The Morgan fingerprint density at radius 1 is 1.12 bits per heavy atom. The maximum absolute atomic E-state index is 12.5. The third-order valence-corrected chi connectivity index (χ3v) is 8.66. The van der Waals surface area contributed by atoms with Crippen LogP contribution in [0, 0.1) is 0 Å². The van der Waals surface area contributed by atoms with E-state index in [1.54, 1.807) is 12.1 Å². The number of nitrogens with one attached hydrogen (secondary N) is 1. The lowest BCUT2D eigenvalue weighted by Gasteiger charge is -2.32. The molecule has 7 nitrogen and oxygen atoms in total. The zero-order valence-electron chi connectivity index (χ0n) is 15.4. The summed E-state index contributed by atoms with van der Waals surface area (Å²) < 4.78 is 58.8. The van der Waals surface area contributed by atoms with Gasteiger partial charge in [-0.1, -0.05) is 12.1 Å². The quantitative estimate of drug-likeness (QED) is 0.662. The van der Waals surface area contributed by atoms with Crippen LogP contribution in [-0.4, -0.2) is 53.4 Å². The number of benzene rings is 1. The highest BCUT2D eigenvalue weighted by Crippen LogP contribution is 2.45. The molecule has 1 aromatic rings. The molecule has 0 saturated carbocycles. The minimum Gasteiger partial charge on any atom is -0.399 e. The summed E-state index contributed by atoms with van der Waals surface area (Å²) in [5.41, 5.74) is -0.177. The molecule has 3 rings (SSSR count). The highest BCUT2D eigenvalue weighted by atomic mass is 32.3. The molecule has 146 valence electrons. The summed E-state index contributed by atoms with van der Waals surface area (Å²) in [6, 6.07) is 5.93. The van der Waals surface area contributed by atoms with E-state index in [1.807, 2.05) is 27.7 Å².